The van der Waals surface area contributed by atoms with Gasteiger partial charge in [-0.2, -0.15) is 0 Å². The highest BCUT2D eigenvalue weighted by atomic mass is 35.5. The molecule has 1 heterocycles. The first-order valence-corrected chi connectivity index (χ1v) is 7.83. The molecule has 114 valence electrons. The van der Waals surface area contributed by atoms with Gasteiger partial charge in [-0.25, -0.2) is 4.98 Å². The maximum atomic E-state index is 12.5. The lowest BCUT2D eigenvalue weighted by molar-refractivity contribution is 0.102. The summed E-state index contributed by atoms with van der Waals surface area (Å²) in [5.74, 6) is 0.203. The van der Waals surface area contributed by atoms with Crippen molar-refractivity contribution in [2.45, 2.75) is 38.5 Å². The molecular formula is C18H19ClN2O. The molecular weight excluding hydrogens is 296 g/mol. The van der Waals surface area contributed by atoms with Crippen LogP contribution < -0.4 is 5.32 Å². The van der Waals surface area contributed by atoms with Gasteiger partial charge in [-0.1, -0.05) is 44.5 Å². The van der Waals surface area contributed by atoms with Crippen LogP contribution in [-0.2, 0) is 5.41 Å². The molecule has 1 aromatic carbocycles. The van der Waals surface area contributed by atoms with Crippen molar-refractivity contribution in [1.29, 1.82) is 0 Å². The SMILES string of the molecule is CC1CC(C)(C)c2cccc(NC(=O)c3cccnc3Cl)c21. The summed E-state index contributed by atoms with van der Waals surface area (Å²) in [6, 6.07) is 9.51. The van der Waals surface area contributed by atoms with E-state index in [4.69, 9.17) is 11.6 Å². The molecule has 4 heteroatoms. The van der Waals surface area contributed by atoms with Crippen molar-refractivity contribution in [2.75, 3.05) is 5.32 Å². The Bertz CT molecular complexity index is 740. The molecule has 0 bridgehead atoms. The van der Waals surface area contributed by atoms with Gasteiger partial charge in [-0.15, -0.1) is 0 Å². The van der Waals surface area contributed by atoms with Gasteiger partial charge in [-0.05, 0) is 47.1 Å². The van der Waals surface area contributed by atoms with E-state index in [-0.39, 0.29) is 16.5 Å². The molecule has 1 aliphatic carbocycles. The van der Waals surface area contributed by atoms with Gasteiger partial charge in [0.25, 0.3) is 5.91 Å². The van der Waals surface area contributed by atoms with Crippen molar-refractivity contribution < 1.29 is 4.79 Å². The first-order chi connectivity index (χ1) is 10.4. The minimum atomic E-state index is -0.219. The van der Waals surface area contributed by atoms with Crippen molar-refractivity contribution >= 4 is 23.2 Å². The summed E-state index contributed by atoms with van der Waals surface area (Å²) in [5.41, 5.74) is 3.96. The van der Waals surface area contributed by atoms with Crippen LogP contribution in [0, 0.1) is 0 Å². The molecule has 0 radical (unpaired) electrons. The van der Waals surface area contributed by atoms with Crippen molar-refractivity contribution in [3.8, 4) is 0 Å². The molecule has 2 aromatic rings. The van der Waals surface area contributed by atoms with E-state index in [1.54, 1.807) is 18.3 Å². The van der Waals surface area contributed by atoms with E-state index in [1.807, 2.05) is 12.1 Å². The number of nitrogens with one attached hydrogen (secondary N) is 1. The third kappa shape index (κ3) is 2.50. The highest BCUT2D eigenvalue weighted by Gasteiger charge is 2.36. The lowest BCUT2D eigenvalue weighted by Crippen LogP contribution is -2.15. The number of fused-ring (bicyclic) bond motifs is 1. The Morgan fingerprint density at radius 3 is 2.82 bits per heavy atom. The molecule has 1 amide bonds. The van der Waals surface area contributed by atoms with E-state index in [0.717, 1.165) is 12.1 Å². The second-order valence-electron chi connectivity index (χ2n) is 6.55. The van der Waals surface area contributed by atoms with Crippen LogP contribution in [0.25, 0.3) is 0 Å². The molecule has 0 saturated heterocycles. The van der Waals surface area contributed by atoms with Crippen LogP contribution in [0.1, 0.15) is 54.6 Å². The first-order valence-electron chi connectivity index (χ1n) is 7.45. The Morgan fingerprint density at radius 2 is 2.09 bits per heavy atom. The minimum absolute atomic E-state index is 0.140. The Hall–Kier alpha value is -1.87. The zero-order valence-electron chi connectivity index (χ0n) is 13.0. The smallest absolute Gasteiger partial charge is 0.258 e. The van der Waals surface area contributed by atoms with E-state index >= 15 is 0 Å². The number of carbonyl (C=O) groups is 1. The fourth-order valence-electron chi connectivity index (χ4n) is 3.52. The average Bonchev–Trinajstić information content (AvgIpc) is 2.70. The number of carbonyl (C=O) groups excluding carboxylic acids is 1. The van der Waals surface area contributed by atoms with E-state index in [0.29, 0.717) is 11.5 Å². The van der Waals surface area contributed by atoms with Gasteiger partial charge in [0.1, 0.15) is 5.15 Å². The van der Waals surface area contributed by atoms with Gasteiger partial charge in [0, 0.05) is 11.9 Å². The molecule has 1 aromatic heterocycles. The van der Waals surface area contributed by atoms with Gasteiger partial charge >= 0.3 is 0 Å². The molecule has 0 fully saturated rings. The number of hydrogen-bond acceptors (Lipinski definition) is 2. The maximum absolute atomic E-state index is 12.5. The molecule has 0 spiro atoms. The third-order valence-corrected chi connectivity index (χ3v) is 4.70. The third-order valence-electron chi connectivity index (χ3n) is 4.40. The van der Waals surface area contributed by atoms with Gasteiger partial charge < -0.3 is 5.32 Å². The summed E-state index contributed by atoms with van der Waals surface area (Å²) in [6.07, 6.45) is 2.66. The summed E-state index contributed by atoms with van der Waals surface area (Å²) in [6.45, 7) is 6.71. The average molecular weight is 315 g/mol. The van der Waals surface area contributed by atoms with E-state index in [2.05, 4.69) is 37.1 Å². The zero-order valence-corrected chi connectivity index (χ0v) is 13.7. The number of nitrogens with zero attached hydrogens (tertiary/aromatic N) is 1. The van der Waals surface area contributed by atoms with Crippen LogP contribution in [0.15, 0.2) is 36.5 Å². The molecule has 22 heavy (non-hydrogen) atoms. The summed E-state index contributed by atoms with van der Waals surface area (Å²) in [5, 5.41) is 3.23. The van der Waals surface area contributed by atoms with Gasteiger partial charge in [0.05, 0.1) is 5.56 Å². The van der Waals surface area contributed by atoms with Crippen molar-refractivity contribution in [3.63, 3.8) is 0 Å². The molecule has 3 nitrogen and oxygen atoms in total. The lowest BCUT2D eigenvalue weighted by atomic mass is 9.86. The largest absolute Gasteiger partial charge is 0.322 e. The molecule has 1 unspecified atom stereocenters. The molecule has 1 N–H and O–H groups in total. The predicted molar refractivity (Wildman–Crippen MR) is 89.7 cm³/mol. The normalized spacial score (nSPS) is 18.8. The van der Waals surface area contributed by atoms with Crippen LogP contribution in [0.4, 0.5) is 5.69 Å². The number of pyridine rings is 1. The summed E-state index contributed by atoms with van der Waals surface area (Å²) in [7, 11) is 0. The number of amides is 1. The summed E-state index contributed by atoms with van der Waals surface area (Å²) >= 11 is 6.00. The number of aromatic nitrogens is 1. The van der Waals surface area contributed by atoms with E-state index in [1.165, 1.54) is 11.1 Å². The van der Waals surface area contributed by atoms with Crippen LogP contribution in [-0.4, -0.2) is 10.9 Å². The fourth-order valence-corrected chi connectivity index (χ4v) is 3.72. The molecule has 1 atom stereocenters. The van der Waals surface area contributed by atoms with Crippen LogP contribution in [0.2, 0.25) is 5.15 Å². The van der Waals surface area contributed by atoms with Gasteiger partial charge in [0.2, 0.25) is 0 Å². The van der Waals surface area contributed by atoms with Crippen LogP contribution in [0.5, 0.6) is 0 Å². The van der Waals surface area contributed by atoms with Gasteiger partial charge in [0.15, 0.2) is 0 Å². The van der Waals surface area contributed by atoms with Crippen molar-refractivity contribution in [3.05, 3.63) is 58.4 Å². The molecule has 3 rings (SSSR count). The van der Waals surface area contributed by atoms with Crippen LogP contribution >= 0.6 is 11.6 Å². The highest BCUT2D eigenvalue weighted by Crippen LogP contribution is 2.48. The van der Waals surface area contributed by atoms with Crippen molar-refractivity contribution in [1.82, 2.24) is 4.98 Å². The molecule has 0 aliphatic heterocycles. The quantitative estimate of drug-likeness (QED) is 0.811. The van der Waals surface area contributed by atoms with Crippen molar-refractivity contribution in [2.24, 2.45) is 0 Å². The van der Waals surface area contributed by atoms with Gasteiger partial charge in [-0.3, -0.25) is 4.79 Å². The van der Waals surface area contributed by atoms with Crippen LogP contribution in [0.3, 0.4) is 0 Å². The topological polar surface area (TPSA) is 42.0 Å². The Balaban J connectivity index is 1.97. The predicted octanol–water partition coefficient (Wildman–Crippen LogP) is 4.77. The standard InChI is InChI=1S/C18H19ClN2O/c1-11-10-18(2,3)13-7-4-8-14(15(11)13)21-17(22)12-6-5-9-20-16(12)19/h4-9,11H,10H2,1-3H3,(H,21,22). The monoisotopic (exact) mass is 314 g/mol. The Morgan fingerprint density at radius 1 is 1.32 bits per heavy atom. The fraction of sp³-hybridized carbons (Fsp3) is 0.333. The number of benzene rings is 1. The van der Waals surface area contributed by atoms with E-state index in [9.17, 15) is 4.79 Å². The number of anilines is 1. The summed E-state index contributed by atoms with van der Waals surface area (Å²) < 4.78 is 0. The number of hydrogen-bond donors (Lipinski definition) is 1. The zero-order chi connectivity index (χ0) is 15.9. The summed E-state index contributed by atoms with van der Waals surface area (Å²) in [4.78, 5) is 16.4. The Labute approximate surface area is 135 Å². The van der Waals surface area contributed by atoms with E-state index < -0.39 is 0 Å². The second-order valence-corrected chi connectivity index (χ2v) is 6.91. The molecule has 1 aliphatic rings. The first kappa shape index (κ1) is 15.0. The minimum Gasteiger partial charge on any atom is -0.322 e. The number of halogens is 1. The lowest BCUT2D eigenvalue weighted by Gasteiger charge is -2.19. The second kappa shape index (κ2) is 5.40. The molecule has 0 saturated carbocycles. The highest BCUT2D eigenvalue weighted by molar-refractivity contribution is 6.33. The Kier molecular flexibility index (Phi) is 3.69. The maximum Gasteiger partial charge on any atom is 0.258 e. The number of rotatable bonds is 2.